The van der Waals surface area contributed by atoms with Crippen LogP contribution in [0.1, 0.15) is 25.3 Å². The first-order valence-corrected chi connectivity index (χ1v) is 9.91. The van der Waals surface area contributed by atoms with Crippen LogP contribution in [0.4, 0.5) is 4.79 Å². The Kier molecular flexibility index (Phi) is 6.95. The van der Waals surface area contributed by atoms with Crippen LogP contribution in [-0.4, -0.2) is 70.6 Å². The van der Waals surface area contributed by atoms with Crippen molar-refractivity contribution in [3.63, 3.8) is 0 Å². The van der Waals surface area contributed by atoms with Crippen LogP contribution in [-0.2, 0) is 11.3 Å². The number of aromatic nitrogens is 2. The zero-order valence-electron chi connectivity index (χ0n) is 17.1. The first-order valence-electron chi connectivity index (χ1n) is 9.91. The molecular weight excluding hydrogens is 372 g/mol. The number of benzene rings is 1. The van der Waals surface area contributed by atoms with Gasteiger partial charge in [-0.1, -0.05) is 35.0 Å². The summed E-state index contributed by atoms with van der Waals surface area (Å²) in [5, 5.41) is 9.01. The summed E-state index contributed by atoms with van der Waals surface area (Å²) < 4.78 is 5.41. The van der Waals surface area contributed by atoms with E-state index in [1.165, 1.54) is 5.56 Å². The molecule has 1 aliphatic rings. The van der Waals surface area contributed by atoms with Crippen LogP contribution < -0.4 is 10.6 Å². The molecule has 0 aliphatic carbocycles. The van der Waals surface area contributed by atoms with Crippen molar-refractivity contribution in [2.45, 2.75) is 33.4 Å². The van der Waals surface area contributed by atoms with E-state index in [1.807, 2.05) is 38.1 Å². The van der Waals surface area contributed by atoms with Crippen LogP contribution in [0.25, 0.3) is 11.4 Å². The number of urea groups is 1. The molecule has 1 fully saturated rings. The number of piperazine rings is 1. The minimum Gasteiger partial charge on any atom is -0.338 e. The molecule has 156 valence electrons. The topological polar surface area (TPSA) is 104 Å². The van der Waals surface area contributed by atoms with Gasteiger partial charge in [-0.05, 0) is 20.8 Å². The Morgan fingerprint density at radius 2 is 1.86 bits per heavy atom. The minimum atomic E-state index is -0.455. The van der Waals surface area contributed by atoms with Crippen LogP contribution in [0.3, 0.4) is 0 Å². The summed E-state index contributed by atoms with van der Waals surface area (Å²) in [4.78, 5) is 32.5. The summed E-state index contributed by atoms with van der Waals surface area (Å²) in [5.74, 6) is 0.884. The van der Waals surface area contributed by atoms with Gasteiger partial charge in [0.25, 0.3) is 0 Å². The lowest BCUT2D eigenvalue weighted by Crippen LogP contribution is -2.55. The van der Waals surface area contributed by atoms with Gasteiger partial charge in [-0.15, -0.1) is 0 Å². The summed E-state index contributed by atoms with van der Waals surface area (Å²) in [6, 6.07) is 7.19. The molecule has 3 rings (SSSR count). The lowest BCUT2D eigenvalue weighted by atomic mass is 10.1. The molecule has 1 aromatic heterocycles. The van der Waals surface area contributed by atoms with Gasteiger partial charge in [-0.25, -0.2) is 4.79 Å². The Labute approximate surface area is 170 Å². The van der Waals surface area contributed by atoms with E-state index in [-0.39, 0.29) is 11.9 Å². The largest absolute Gasteiger partial charge is 0.338 e. The van der Waals surface area contributed by atoms with E-state index in [2.05, 4.69) is 30.6 Å². The standard InChI is InChI=1S/C20H28N6O3/c1-4-21-20(28)23-19(27)15(3)26-11-9-25(10-12-26)13-17-22-18(24-29-17)16-7-5-14(2)6-8-16/h5-8,15H,4,9-13H2,1-3H3,(H2,21,23,27,28). The number of amides is 3. The smallest absolute Gasteiger partial charge is 0.321 e. The number of carbonyl (C=O) groups excluding carboxylic acids is 2. The van der Waals surface area contributed by atoms with E-state index in [1.54, 1.807) is 6.92 Å². The maximum absolute atomic E-state index is 12.2. The number of carbonyl (C=O) groups is 2. The average molecular weight is 400 g/mol. The molecule has 1 saturated heterocycles. The predicted molar refractivity (Wildman–Crippen MR) is 108 cm³/mol. The third-order valence-electron chi connectivity index (χ3n) is 5.04. The molecule has 1 unspecified atom stereocenters. The second-order valence-electron chi connectivity index (χ2n) is 7.21. The average Bonchev–Trinajstić information content (AvgIpc) is 3.17. The van der Waals surface area contributed by atoms with E-state index < -0.39 is 6.03 Å². The monoisotopic (exact) mass is 400 g/mol. The molecule has 9 heteroatoms. The molecule has 1 aromatic carbocycles. The Bertz CT molecular complexity index is 827. The summed E-state index contributed by atoms with van der Waals surface area (Å²) in [6.45, 7) is 9.72. The van der Waals surface area contributed by atoms with E-state index in [0.29, 0.717) is 24.8 Å². The Morgan fingerprint density at radius 3 is 2.52 bits per heavy atom. The molecular formula is C20H28N6O3. The number of hydrogen-bond acceptors (Lipinski definition) is 7. The number of rotatable bonds is 6. The predicted octanol–water partition coefficient (Wildman–Crippen LogP) is 1.40. The van der Waals surface area contributed by atoms with Gasteiger partial charge in [0.1, 0.15) is 0 Å². The van der Waals surface area contributed by atoms with E-state index >= 15 is 0 Å². The Morgan fingerprint density at radius 1 is 1.17 bits per heavy atom. The maximum Gasteiger partial charge on any atom is 0.321 e. The summed E-state index contributed by atoms with van der Waals surface area (Å²) in [5.41, 5.74) is 2.12. The SMILES string of the molecule is CCNC(=O)NC(=O)C(C)N1CCN(Cc2nc(-c3ccc(C)cc3)no2)CC1. The van der Waals surface area contributed by atoms with Crippen molar-refractivity contribution < 1.29 is 14.1 Å². The molecule has 0 bridgehead atoms. The van der Waals surface area contributed by atoms with Crippen molar-refractivity contribution in [2.75, 3.05) is 32.7 Å². The van der Waals surface area contributed by atoms with Gasteiger partial charge < -0.3 is 9.84 Å². The molecule has 0 saturated carbocycles. The summed E-state index contributed by atoms with van der Waals surface area (Å²) >= 11 is 0. The molecule has 3 amide bonds. The van der Waals surface area contributed by atoms with Crippen LogP contribution >= 0.6 is 0 Å². The quantitative estimate of drug-likeness (QED) is 0.755. The van der Waals surface area contributed by atoms with Crippen molar-refractivity contribution in [1.29, 1.82) is 0 Å². The third-order valence-corrected chi connectivity index (χ3v) is 5.04. The van der Waals surface area contributed by atoms with Gasteiger partial charge >= 0.3 is 6.03 Å². The summed E-state index contributed by atoms with van der Waals surface area (Å²) in [6.07, 6.45) is 0. The fraction of sp³-hybridized carbons (Fsp3) is 0.500. The molecule has 1 atom stereocenters. The third kappa shape index (κ3) is 5.61. The molecule has 29 heavy (non-hydrogen) atoms. The fourth-order valence-electron chi connectivity index (χ4n) is 3.23. The zero-order valence-corrected chi connectivity index (χ0v) is 17.1. The number of imide groups is 1. The highest BCUT2D eigenvalue weighted by Crippen LogP contribution is 2.17. The Hall–Kier alpha value is -2.78. The van der Waals surface area contributed by atoms with Gasteiger partial charge in [0.15, 0.2) is 0 Å². The van der Waals surface area contributed by atoms with Crippen molar-refractivity contribution in [1.82, 2.24) is 30.6 Å². The van der Waals surface area contributed by atoms with E-state index in [0.717, 1.165) is 31.7 Å². The molecule has 9 nitrogen and oxygen atoms in total. The molecule has 2 N–H and O–H groups in total. The van der Waals surface area contributed by atoms with Gasteiger partial charge in [0, 0.05) is 38.3 Å². The lowest BCUT2D eigenvalue weighted by molar-refractivity contribution is -0.125. The van der Waals surface area contributed by atoms with E-state index in [9.17, 15) is 9.59 Å². The van der Waals surface area contributed by atoms with Gasteiger partial charge in [-0.2, -0.15) is 4.98 Å². The van der Waals surface area contributed by atoms with Gasteiger partial charge in [-0.3, -0.25) is 19.9 Å². The number of nitrogens with one attached hydrogen (secondary N) is 2. The first-order chi connectivity index (χ1) is 14.0. The number of hydrogen-bond donors (Lipinski definition) is 2. The van der Waals surface area contributed by atoms with Crippen LogP contribution in [0.2, 0.25) is 0 Å². The van der Waals surface area contributed by atoms with Crippen molar-refractivity contribution in [3.8, 4) is 11.4 Å². The molecule has 1 aliphatic heterocycles. The van der Waals surface area contributed by atoms with Crippen molar-refractivity contribution in [2.24, 2.45) is 0 Å². The first kappa shape index (κ1) is 20.9. The highest BCUT2D eigenvalue weighted by Gasteiger charge is 2.27. The van der Waals surface area contributed by atoms with Gasteiger partial charge in [0.05, 0.1) is 12.6 Å². The Balaban J connectivity index is 1.48. The molecule has 2 heterocycles. The molecule has 0 spiro atoms. The lowest BCUT2D eigenvalue weighted by Gasteiger charge is -2.36. The van der Waals surface area contributed by atoms with Crippen LogP contribution in [0.5, 0.6) is 0 Å². The van der Waals surface area contributed by atoms with E-state index in [4.69, 9.17) is 4.52 Å². The molecule has 0 radical (unpaired) electrons. The normalized spacial score (nSPS) is 16.4. The highest BCUT2D eigenvalue weighted by atomic mass is 16.5. The van der Waals surface area contributed by atoms with Crippen molar-refractivity contribution >= 4 is 11.9 Å². The zero-order chi connectivity index (χ0) is 20.8. The second-order valence-corrected chi connectivity index (χ2v) is 7.21. The van der Waals surface area contributed by atoms with Crippen LogP contribution in [0.15, 0.2) is 28.8 Å². The minimum absolute atomic E-state index is 0.288. The maximum atomic E-state index is 12.2. The fourth-order valence-corrected chi connectivity index (χ4v) is 3.23. The number of nitrogens with zero attached hydrogens (tertiary/aromatic N) is 4. The highest BCUT2D eigenvalue weighted by molar-refractivity contribution is 5.96. The van der Waals surface area contributed by atoms with Crippen LogP contribution in [0, 0.1) is 6.92 Å². The van der Waals surface area contributed by atoms with Gasteiger partial charge in [0.2, 0.25) is 17.6 Å². The molecule has 2 aromatic rings. The van der Waals surface area contributed by atoms with Crippen molar-refractivity contribution in [3.05, 3.63) is 35.7 Å². The number of aryl methyl sites for hydroxylation is 1. The summed E-state index contributed by atoms with van der Waals surface area (Å²) in [7, 11) is 0. The second kappa shape index (κ2) is 9.62.